The number of piperidine rings is 1. The Labute approximate surface area is 113 Å². The molecule has 104 valence electrons. The summed E-state index contributed by atoms with van der Waals surface area (Å²) in [6, 6.07) is 0.944. The van der Waals surface area contributed by atoms with Gasteiger partial charge in [0.1, 0.15) is 0 Å². The van der Waals surface area contributed by atoms with Gasteiger partial charge in [0.25, 0.3) is 0 Å². The second kappa shape index (κ2) is 5.92. The molecule has 0 aromatic carbocycles. The van der Waals surface area contributed by atoms with Crippen LogP contribution in [0.5, 0.6) is 0 Å². The van der Waals surface area contributed by atoms with Gasteiger partial charge in [-0.3, -0.25) is 0 Å². The maximum absolute atomic E-state index is 3.34. The van der Waals surface area contributed by atoms with Crippen molar-refractivity contribution in [3.8, 4) is 0 Å². The van der Waals surface area contributed by atoms with Crippen LogP contribution < -0.4 is 5.32 Å². The number of rotatable bonds is 4. The topological polar surface area (TPSA) is 15.3 Å². The van der Waals surface area contributed by atoms with Crippen LogP contribution in [-0.4, -0.2) is 37.6 Å². The molecule has 0 radical (unpaired) electrons. The van der Waals surface area contributed by atoms with Gasteiger partial charge < -0.3 is 10.2 Å². The molecule has 0 amide bonds. The Bertz CT molecular complexity index is 254. The predicted octanol–water partition coefficient (Wildman–Crippen LogP) is 2.89. The fourth-order valence-corrected chi connectivity index (χ4v) is 4.34. The summed E-state index contributed by atoms with van der Waals surface area (Å²) >= 11 is 0. The second-order valence-corrected chi connectivity index (χ2v) is 6.95. The lowest BCUT2D eigenvalue weighted by Crippen LogP contribution is -2.45. The van der Waals surface area contributed by atoms with Crippen LogP contribution in [0.1, 0.15) is 51.4 Å². The summed E-state index contributed by atoms with van der Waals surface area (Å²) in [5.74, 6) is 3.17. The average Bonchev–Trinajstić information content (AvgIpc) is 3.25. The Morgan fingerprint density at radius 3 is 2.39 bits per heavy atom. The van der Waals surface area contributed by atoms with Gasteiger partial charge in [-0.25, -0.2) is 0 Å². The van der Waals surface area contributed by atoms with Gasteiger partial charge in [0.2, 0.25) is 0 Å². The SMILES string of the molecule is CNCC1CCN(C2CCCC(C3CC3)C2)CC1. The zero-order valence-corrected chi connectivity index (χ0v) is 12.0. The van der Waals surface area contributed by atoms with Crippen molar-refractivity contribution in [2.24, 2.45) is 17.8 Å². The maximum Gasteiger partial charge on any atom is 0.00980 e. The van der Waals surface area contributed by atoms with E-state index in [1.165, 1.54) is 58.2 Å². The first kappa shape index (κ1) is 12.9. The molecule has 2 aliphatic carbocycles. The molecule has 2 unspecified atom stereocenters. The quantitative estimate of drug-likeness (QED) is 0.825. The van der Waals surface area contributed by atoms with Crippen molar-refractivity contribution in [2.45, 2.75) is 57.4 Å². The highest BCUT2D eigenvalue weighted by molar-refractivity contribution is 4.90. The Hall–Kier alpha value is -0.0800. The highest BCUT2D eigenvalue weighted by Gasteiger charge is 2.36. The van der Waals surface area contributed by atoms with Crippen LogP contribution in [0.25, 0.3) is 0 Å². The highest BCUT2D eigenvalue weighted by Crippen LogP contribution is 2.45. The number of likely N-dealkylation sites (tertiary alicyclic amines) is 1. The molecule has 1 aliphatic heterocycles. The molecule has 0 bridgehead atoms. The van der Waals surface area contributed by atoms with Crippen molar-refractivity contribution in [3.63, 3.8) is 0 Å². The van der Waals surface area contributed by atoms with E-state index >= 15 is 0 Å². The smallest absolute Gasteiger partial charge is 0.00980 e. The monoisotopic (exact) mass is 250 g/mol. The fourth-order valence-electron chi connectivity index (χ4n) is 4.34. The molecule has 3 rings (SSSR count). The summed E-state index contributed by atoms with van der Waals surface area (Å²) < 4.78 is 0. The Kier molecular flexibility index (Phi) is 4.25. The van der Waals surface area contributed by atoms with E-state index < -0.39 is 0 Å². The number of hydrogen-bond acceptors (Lipinski definition) is 2. The molecular weight excluding hydrogens is 220 g/mol. The molecule has 18 heavy (non-hydrogen) atoms. The van der Waals surface area contributed by atoms with E-state index in [1.54, 1.807) is 12.8 Å². The summed E-state index contributed by atoms with van der Waals surface area (Å²) in [4.78, 5) is 2.83. The Balaban J connectivity index is 1.46. The highest BCUT2D eigenvalue weighted by atomic mass is 15.2. The van der Waals surface area contributed by atoms with E-state index in [-0.39, 0.29) is 0 Å². The summed E-state index contributed by atoms with van der Waals surface area (Å²) in [5.41, 5.74) is 0. The molecule has 1 heterocycles. The molecule has 0 spiro atoms. The van der Waals surface area contributed by atoms with Crippen LogP contribution in [0.3, 0.4) is 0 Å². The molecule has 2 nitrogen and oxygen atoms in total. The molecule has 2 atom stereocenters. The summed E-state index contributed by atoms with van der Waals surface area (Å²) in [6.45, 7) is 3.96. The van der Waals surface area contributed by atoms with Crippen molar-refractivity contribution in [3.05, 3.63) is 0 Å². The normalized spacial score (nSPS) is 35.8. The van der Waals surface area contributed by atoms with Gasteiger partial charge in [0.15, 0.2) is 0 Å². The molecular formula is C16H30N2. The molecule has 2 heteroatoms. The van der Waals surface area contributed by atoms with E-state index in [1.807, 2.05) is 0 Å². The van der Waals surface area contributed by atoms with Crippen LogP contribution in [-0.2, 0) is 0 Å². The third-order valence-electron chi connectivity index (χ3n) is 5.63. The van der Waals surface area contributed by atoms with Gasteiger partial charge >= 0.3 is 0 Å². The first-order valence-electron chi connectivity index (χ1n) is 8.25. The van der Waals surface area contributed by atoms with Crippen molar-refractivity contribution in [1.29, 1.82) is 0 Å². The van der Waals surface area contributed by atoms with Gasteiger partial charge in [-0.2, -0.15) is 0 Å². The van der Waals surface area contributed by atoms with Gasteiger partial charge in [-0.15, -0.1) is 0 Å². The minimum Gasteiger partial charge on any atom is -0.319 e. The lowest BCUT2D eigenvalue weighted by molar-refractivity contribution is 0.0852. The molecule has 0 aromatic rings. The van der Waals surface area contributed by atoms with Gasteiger partial charge in [0.05, 0.1) is 0 Å². The Morgan fingerprint density at radius 2 is 1.72 bits per heavy atom. The van der Waals surface area contributed by atoms with Crippen molar-refractivity contribution >= 4 is 0 Å². The summed E-state index contributed by atoms with van der Waals surface area (Å²) in [5, 5.41) is 3.34. The minimum atomic E-state index is 0.939. The molecule has 3 aliphatic rings. The number of nitrogens with zero attached hydrogens (tertiary/aromatic N) is 1. The number of nitrogens with one attached hydrogen (secondary N) is 1. The minimum absolute atomic E-state index is 0.939. The van der Waals surface area contributed by atoms with Crippen molar-refractivity contribution < 1.29 is 0 Å². The third kappa shape index (κ3) is 3.08. The van der Waals surface area contributed by atoms with E-state index in [4.69, 9.17) is 0 Å². The molecule has 2 saturated carbocycles. The first-order chi connectivity index (χ1) is 8.86. The molecule has 1 saturated heterocycles. The van der Waals surface area contributed by atoms with E-state index in [2.05, 4.69) is 17.3 Å². The van der Waals surface area contributed by atoms with E-state index in [0.29, 0.717) is 0 Å². The zero-order valence-electron chi connectivity index (χ0n) is 12.0. The van der Waals surface area contributed by atoms with Gasteiger partial charge in [0, 0.05) is 6.04 Å². The van der Waals surface area contributed by atoms with Crippen molar-refractivity contribution in [1.82, 2.24) is 10.2 Å². The number of hydrogen-bond donors (Lipinski definition) is 1. The van der Waals surface area contributed by atoms with E-state index in [9.17, 15) is 0 Å². The predicted molar refractivity (Wildman–Crippen MR) is 76.7 cm³/mol. The lowest BCUT2D eigenvalue weighted by atomic mass is 9.81. The second-order valence-electron chi connectivity index (χ2n) is 6.95. The van der Waals surface area contributed by atoms with Gasteiger partial charge in [-0.05, 0) is 83.0 Å². The summed E-state index contributed by atoms with van der Waals surface area (Å²) in [6.07, 6.45) is 12.0. The fraction of sp³-hybridized carbons (Fsp3) is 1.00. The van der Waals surface area contributed by atoms with Crippen LogP contribution in [0.2, 0.25) is 0 Å². The molecule has 3 fully saturated rings. The molecule has 0 aromatic heterocycles. The van der Waals surface area contributed by atoms with E-state index in [0.717, 1.165) is 23.8 Å². The van der Waals surface area contributed by atoms with Crippen LogP contribution in [0, 0.1) is 17.8 Å². The van der Waals surface area contributed by atoms with Crippen LogP contribution in [0.15, 0.2) is 0 Å². The standard InChI is InChI=1S/C16H30N2/c1-17-12-13-7-9-18(10-8-13)16-4-2-3-15(11-16)14-5-6-14/h13-17H,2-12H2,1H3. The third-order valence-corrected chi connectivity index (χ3v) is 5.63. The van der Waals surface area contributed by atoms with Crippen molar-refractivity contribution in [2.75, 3.05) is 26.7 Å². The largest absolute Gasteiger partial charge is 0.319 e. The maximum atomic E-state index is 3.34. The summed E-state index contributed by atoms with van der Waals surface area (Å²) in [7, 11) is 2.09. The molecule has 1 N–H and O–H groups in total. The van der Waals surface area contributed by atoms with Gasteiger partial charge in [-0.1, -0.05) is 12.8 Å². The zero-order chi connectivity index (χ0) is 12.4. The van der Waals surface area contributed by atoms with Crippen LogP contribution in [0.4, 0.5) is 0 Å². The average molecular weight is 250 g/mol. The first-order valence-corrected chi connectivity index (χ1v) is 8.25. The van der Waals surface area contributed by atoms with Crippen LogP contribution >= 0.6 is 0 Å². The lowest BCUT2D eigenvalue weighted by Gasteiger charge is -2.41. The Morgan fingerprint density at radius 1 is 0.944 bits per heavy atom.